The molecule has 9 unspecified atom stereocenters. The first kappa shape index (κ1) is 23.6. The van der Waals surface area contributed by atoms with E-state index in [0.717, 1.165) is 44.9 Å². The number of esters is 1. The van der Waals surface area contributed by atoms with Gasteiger partial charge in [0.2, 0.25) is 5.91 Å². The third-order valence-electron chi connectivity index (χ3n) is 10.2. The number of aliphatic carboxylic acids is 1. The third kappa shape index (κ3) is 4.07. The molecule has 2 N–H and O–H groups in total. The number of carbonyl (C=O) groups is 3. The molecule has 0 aromatic rings. The molecule has 0 radical (unpaired) electrons. The van der Waals surface area contributed by atoms with E-state index < -0.39 is 5.97 Å². The minimum atomic E-state index is -0.739. The van der Waals surface area contributed by atoms with Crippen LogP contribution in [0.25, 0.3) is 0 Å². The summed E-state index contributed by atoms with van der Waals surface area (Å²) >= 11 is 0. The minimum absolute atomic E-state index is 0.0259. The Morgan fingerprint density at radius 1 is 1.16 bits per heavy atom. The van der Waals surface area contributed by atoms with Crippen LogP contribution in [0.15, 0.2) is 0 Å². The van der Waals surface area contributed by atoms with Crippen molar-refractivity contribution in [2.45, 2.75) is 104 Å². The summed E-state index contributed by atoms with van der Waals surface area (Å²) in [6.07, 6.45) is 8.81. The van der Waals surface area contributed by atoms with E-state index in [1.807, 2.05) is 0 Å². The highest BCUT2D eigenvalue weighted by Crippen LogP contribution is 2.62. The monoisotopic (exact) mass is 447 g/mol. The highest BCUT2D eigenvalue weighted by atomic mass is 16.5. The van der Waals surface area contributed by atoms with Gasteiger partial charge in [-0.15, -0.1) is 0 Å². The van der Waals surface area contributed by atoms with Crippen molar-refractivity contribution in [1.82, 2.24) is 5.32 Å². The summed E-state index contributed by atoms with van der Waals surface area (Å²) in [5, 5.41) is 12.6. The summed E-state index contributed by atoms with van der Waals surface area (Å²) in [5.74, 6) is 1.73. The molecule has 1 aliphatic heterocycles. The maximum atomic E-state index is 13.3. The Balaban J connectivity index is 1.56. The summed E-state index contributed by atoms with van der Waals surface area (Å²) in [6, 6.07) is 0. The molecule has 0 aromatic carbocycles. The van der Waals surface area contributed by atoms with Crippen LogP contribution in [0, 0.1) is 40.9 Å². The van der Waals surface area contributed by atoms with Crippen LogP contribution in [-0.2, 0) is 19.1 Å². The molecule has 0 spiro atoms. The van der Waals surface area contributed by atoms with Gasteiger partial charge < -0.3 is 15.2 Å². The van der Waals surface area contributed by atoms with Gasteiger partial charge in [0.1, 0.15) is 6.10 Å². The highest BCUT2D eigenvalue weighted by Gasteiger charge is 2.60. The molecule has 9 atom stereocenters. The summed E-state index contributed by atoms with van der Waals surface area (Å²) in [7, 11) is 0. The fourth-order valence-electron chi connectivity index (χ4n) is 8.67. The van der Waals surface area contributed by atoms with Gasteiger partial charge in [0, 0.05) is 25.3 Å². The van der Waals surface area contributed by atoms with Gasteiger partial charge in [0.15, 0.2) is 0 Å². The van der Waals surface area contributed by atoms with E-state index in [0.29, 0.717) is 42.4 Å². The second-order valence-electron chi connectivity index (χ2n) is 11.8. The molecule has 1 heterocycles. The summed E-state index contributed by atoms with van der Waals surface area (Å²) in [5.41, 5.74) is -0.123. The van der Waals surface area contributed by atoms with Crippen molar-refractivity contribution in [2.75, 3.05) is 0 Å². The molecule has 180 valence electrons. The molecule has 4 fully saturated rings. The van der Waals surface area contributed by atoms with Crippen molar-refractivity contribution in [3.8, 4) is 0 Å². The first-order chi connectivity index (χ1) is 15.0. The van der Waals surface area contributed by atoms with Crippen molar-refractivity contribution in [3.63, 3.8) is 0 Å². The van der Waals surface area contributed by atoms with E-state index >= 15 is 0 Å². The Labute approximate surface area is 192 Å². The molecular weight excluding hydrogens is 406 g/mol. The predicted octanol–water partition coefficient (Wildman–Crippen LogP) is 4.56. The molecule has 6 heteroatoms. The van der Waals surface area contributed by atoms with Gasteiger partial charge >= 0.3 is 11.9 Å². The molecule has 4 aliphatic rings. The van der Waals surface area contributed by atoms with Crippen molar-refractivity contribution >= 4 is 17.8 Å². The van der Waals surface area contributed by atoms with Crippen LogP contribution in [0.1, 0.15) is 91.9 Å². The van der Waals surface area contributed by atoms with Crippen LogP contribution >= 0.6 is 0 Å². The quantitative estimate of drug-likeness (QED) is 0.603. The molecule has 3 saturated carbocycles. The molecule has 1 amide bonds. The van der Waals surface area contributed by atoms with Crippen molar-refractivity contribution < 1.29 is 24.2 Å². The van der Waals surface area contributed by atoms with E-state index in [4.69, 9.17) is 9.84 Å². The SMILES string of the molecule is CC(=O)OC1CCC2(C)C(CCC3C2CC(=O)NC2(C)C(C(C)CCC(=O)O)CCC32)C1. The van der Waals surface area contributed by atoms with Gasteiger partial charge in [-0.05, 0) is 99.2 Å². The minimum Gasteiger partial charge on any atom is -0.481 e. The predicted molar refractivity (Wildman–Crippen MR) is 121 cm³/mol. The Kier molecular flexibility index (Phi) is 6.36. The van der Waals surface area contributed by atoms with Gasteiger partial charge in [-0.2, -0.15) is 0 Å². The zero-order valence-electron chi connectivity index (χ0n) is 20.2. The topological polar surface area (TPSA) is 92.7 Å². The molecule has 6 nitrogen and oxygen atoms in total. The number of nitrogens with one attached hydrogen (secondary N) is 1. The number of carbonyl (C=O) groups excluding carboxylic acids is 2. The summed E-state index contributed by atoms with van der Waals surface area (Å²) in [4.78, 5) is 35.9. The number of rotatable bonds is 5. The zero-order valence-corrected chi connectivity index (χ0v) is 20.2. The number of hydrogen-bond acceptors (Lipinski definition) is 4. The second kappa shape index (κ2) is 8.64. The first-order valence-electron chi connectivity index (χ1n) is 12.7. The van der Waals surface area contributed by atoms with E-state index in [1.54, 1.807) is 0 Å². The molecule has 3 aliphatic carbocycles. The van der Waals surface area contributed by atoms with Gasteiger partial charge in [-0.1, -0.05) is 13.8 Å². The zero-order chi connectivity index (χ0) is 23.3. The maximum absolute atomic E-state index is 13.3. The summed E-state index contributed by atoms with van der Waals surface area (Å²) in [6.45, 7) is 8.31. The normalized spacial score (nSPS) is 44.3. The number of carboxylic acids is 1. The number of amides is 1. The standard InChI is InChI=1S/C26H41NO5/c1-15(5-10-24(30)31)20-8-9-21-19-7-6-17-13-18(32-16(2)28)11-12-25(17,3)22(19)14-23(29)27-26(20,21)4/h15,17-22H,5-14H2,1-4H3,(H,27,29)(H,30,31). The Bertz CT molecular complexity index is 767. The van der Waals surface area contributed by atoms with Gasteiger partial charge in [-0.25, -0.2) is 0 Å². The molecule has 32 heavy (non-hydrogen) atoms. The molecule has 0 bridgehead atoms. The number of fused-ring (bicyclic) bond motifs is 5. The number of hydrogen-bond donors (Lipinski definition) is 2. The van der Waals surface area contributed by atoms with Crippen molar-refractivity contribution in [3.05, 3.63) is 0 Å². The van der Waals surface area contributed by atoms with Crippen LogP contribution < -0.4 is 5.32 Å². The van der Waals surface area contributed by atoms with Crippen LogP contribution in [0.4, 0.5) is 0 Å². The fourth-order valence-corrected chi connectivity index (χ4v) is 8.67. The Morgan fingerprint density at radius 3 is 2.59 bits per heavy atom. The van der Waals surface area contributed by atoms with E-state index in [1.165, 1.54) is 6.92 Å². The third-order valence-corrected chi connectivity index (χ3v) is 10.2. The Hall–Kier alpha value is -1.59. The molecule has 0 aromatic heterocycles. The number of ether oxygens (including phenoxy) is 1. The van der Waals surface area contributed by atoms with Crippen molar-refractivity contribution in [1.29, 1.82) is 0 Å². The van der Waals surface area contributed by atoms with E-state index in [9.17, 15) is 14.4 Å². The van der Waals surface area contributed by atoms with Gasteiger partial charge in [0.25, 0.3) is 0 Å². The second-order valence-corrected chi connectivity index (χ2v) is 11.8. The van der Waals surface area contributed by atoms with E-state index in [-0.39, 0.29) is 41.3 Å². The van der Waals surface area contributed by atoms with Crippen LogP contribution in [0.5, 0.6) is 0 Å². The van der Waals surface area contributed by atoms with Gasteiger partial charge in [-0.3, -0.25) is 14.4 Å². The first-order valence-corrected chi connectivity index (χ1v) is 12.7. The largest absolute Gasteiger partial charge is 0.481 e. The smallest absolute Gasteiger partial charge is 0.303 e. The lowest BCUT2D eigenvalue weighted by Crippen LogP contribution is -2.55. The highest BCUT2D eigenvalue weighted by molar-refractivity contribution is 5.78. The average Bonchev–Trinajstić information content (AvgIpc) is 2.97. The lowest BCUT2D eigenvalue weighted by Gasteiger charge is -2.56. The van der Waals surface area contributed by atoms with Crippen LogP contribution in [-0.4, -0.2) is 34.6 Å². The summed E-state index contributed by atoms with van der Waals surface area (Å²) < 4.78 is 5.57. The average molecular weight is 448 g/mol. The number of carboxylic acid groups (broad SMARTS) is 1. The molecular formula is C26H41NO5. The van der Waals surface area contributed by atoms with Crippen molar-refractivity contribution in [2.24, 2.45) is 40.9 Å². The molecule has 4 rings (SSSR count). The lowest BCUT2D eigenvalue weighted by atomic mass is 9.49. The van der Waals surface area contributed by atoms with Crippen LogP contribution in [0.2, 0.25) is 0 Å². The van der Waals surface area contributed by atoms with Crippen LogP contribution in [0.3, 0.4) is 0 Å². The van der Waals surface area contributed by atoms with Gasteiger partial charge in [0.05, 0.1) is 0 Å². The lowest BCUT2D eigenvalue weighted by molar-refractivity contribution is -0.155. The molecule has 1 saturated heterocycles. The Morgan fingerprint density at radius 2 is 1.91 bits per heavy atom. The fraction of sp³-hybridized carbons (Fsp3) is 0.885. The van der Waals surface area contributed by atoms with E-state index in [2.05, 4.69) is 26.1 Å². The maximum Gasteiger partial charge on any atom is 0.303 e.